The van der Waals surface area contributed by atoms with Gasteiger partial charge in [0.2, 0.25) is 0 Å². The summed E-state index contributed by atoms with van der Waals surface area (Å²) in [4.78, 5) is 2.08. The van der Waals surface area contributed by atoms with E-state index in [4.69, 9.17) is 0 Å². The van der Waals surface area contributed by atoms with Crippen LogP contribution in [0.5, 0.6) is 0 Å². The zero-order chi connectivity index (χ0) is 15.0. The van der Waals surface area contributed by atoms with Crippen molar-refractivity contribution < 1.29 is 0 Å². The van der Waals surface area contributed by atoms with Gasteiger partial charge in [0.25, 0.3) is 0 Å². The van der Waals surface area contributed by atoms with E-state index < -0.39 is 0 Å². The second-order valence-electron chi connectivity index (χ2n) is 8.96. The van der Waals surface area contributed by atoms with Crippen LogP contribution in [0.3, 0.4) is 0 Å². The first kappa shape index (κ1) is 15.2. The lowest BCUT2D eigenvalue weighted by Gasteiger charge is -2.66. The van der Waals surface area contributed by atoms with Gasteiger partial charge in [-0.05, 0) is 95.2 Å². The van der Waals surface area contributed by atoms with Crippen molar-refractivity contribution >= 4 is 43.2 Å². The maximum absolute atomic E-state index is 4.16. The lowest BCUT2D eigenvalue weighted by molar-refractivity contribution is -0.144. The summed E-state index contributed by atoms with van der Waals surface area (Å²) in [5.41, 5.74) is 3.09. The van der Waals surface area contributed by atoms with E-state index in [2.05, 4.69) is 58.7 Å². The minimum absolute atomic E-state index is 0.500. The molecular weight excluding hydrogens is 408 g/mol. The zero-order valence-electron chi connectivity index (χ0n) is 13.1. The molecule has 0 aromatic carbocycles. The van der Waals surface area contributed by atoms with Crippen LogP contribution in [0.2, 0.25) is 0 Å². The van der Waals surface area contributed by atoms with Gasteiger partial charge in [-0.1, -0.05) is 29.8 Å². The summed E-state index contributed by atoms with van der Waals surface area (Å²) in [6.45, 7) is 7.35. The van der Waals surface area contributed by atoms with Crippen molar-refractivity contribution in [3.63, 3.8) is 0 Å². The van der Waals surface area contributed by atoms with Gasteiger partial charge in [0.15, 0.2) is 0 Å². The molecule has 1 aromatic rings. The predicted octanol–water partition coefficient (Wildman–Crippen LogP) is 7.25. The number of aryl methyl sites for hydroxylation is 1. The van der Waals surface area contributed by atoms with E-state index in [1.54, 1.807) is 0 Å². The highest BCUT2D eigenvalue weighted by atomic mass is 79.9. The maximum Gasteiger partial charge on any atom is 0.0730 e. The van der Waals surface area contributed by atoms with Crippen molar-refractivity contribution in [2.24, 2.45) is 22.2 Å². The van der Waals surface area contributed by atoms with Crippen LogP contribution in [0.25, 0.3) is 0 Å². The third-order valence-electron chi connectivity index (χ3n) is 6.33. The van der Waals surface area contributed by atoms with Gasteiger partial charge in [-0.15, -0.1) is 11.3 Å². The van der Waals surface area contributed by atoms with Crippen molar-refractivity contribution in [2.45, 2.75) is 64.1 Å². The smallest absolute Gasteiger partial charge is 0.0730 e. The van der Waals surface area contributed by atoms with Gasteiger partial charge in [0.1, 0.15) is 0 Å². The molecule has 0 N–H and O–H groups in total. The summed E-state index contributed by atoms with van der Waals surface area (Å²) in [6.07, 6.45) is 8.73. The van der Waals surface area contributed by atoms with E-state index in [1.807, 2.05) is 11.3 Å². The van der Waals surface area contributed by atoms with E-state index >= 15 is 0 Å². The van der Waals surface area contributed by atoms with Crippen molar-refractivity contribution in [3.05, 3.63) is 20.3 Å². The van der Waals surface area contributed by atoms with Crippen LogP contribution in [0.4, 0.5) is 0 Å². The van der Waals surface area contributed by atoms with Crippen LogP contribution in [-0.4, -0.2) is 0 Å². The first-order chi connectivity index (χ1) is 9.73. The highest BCUT2D eigenvalue weighted by molar-refractivity contribution is 9.11. The summed E-state index contributed by atoms with van der Waals surface area (Å²) >= 11 is 9.81. The third-order valence-corrected chi connectivity index (χ3v) is 10.3. The van der Waals surface area contributed by atoms with Crippen molar-refractivity contribution in [2.75, 3.05) is 0 Å². The van der Waals surface area contributed by atoms with E-state index in [0.29, 0.717) is 21.1 Å². The minimum Gasteiger partial charge on any atom is -0.132 e. The highest BCUT2D eigenvalue weighted by Crippen LogP contribution is 2.73. The average Bonchev–Trinajstić information content (AvgIpc) is 2.64. The molecule has 3 heteroatoms. The normalized spacial score (nSPS) is 46.0. The van der Waals surface area contributed by atoms with Gasteiger partial charge < -0.3 is 0 Å². The van der Waals surface area contributed by atoms with Gasteiger partial charge >= 0.3 is 0 Å². The Labute approximate surface area is 149 Å². The summed E-state index contributed by atoms with van der Waals surface area (Å²) in [7, 11) is 0. The standard InChI is InChI=1S/C18H24Br2S/c1-11-4-13(21-15(11)20)14(19)18-7-12-5-16(2,9-18)8-17(3,6-12)10-18/h4,12,14H,5-10H2,1-3H3. The molecule has 4 aliphatic carbocycles. The average molecular weight is 432 g/mol. The number of thiophene rings is 1. The zero-order valence-corrected chi connectivity index (χ0v) is 17.1. The number of rotatable bonds is 2. The molecule has 0 radical (unpaired) electrons. The van der Waals surface area contributed by atoms with Gasteiger partial charge in [-0.3, -0.25) is 0 Å². The Hall–Kier alpha value is 0.660. The van der Waals surface area contributed by atoms with E-state index in [1.165, 1.54) is 52.8 Å². The van der Waals surface area contributed by atoms with Crippen molar-refractivity contribution in [1.82, 2.24) is 0 Å². The third kappa shape index (κ3) is 2.32. The van der Waals surface area contributed by atoms with E-state index in [0.717, 1.165) is 5.92 Å². The fourth-order valence-electron chi connectivity index (χ4n) is 6.73. The molecule has 0 nitrogen and oxygen atoms in total. The van der Waals surface area contributed by atoms with Crippen LogP contribution in [0, 0.1) is 29.1 Å². The summed E-state index contributed by atoms with van der Waals surface area (Å²) < 4.78 is 1.31. The number of hydrogen-bond donors (Lipinski definition) is 0. The largest absolute Gasteiger partial charge is 0.132 e. The van der Waals surface area contributed by atoms with E-state index in [9.17, 15) is 0 Å². The second kappa shape index (κ2) is 4.60. The summed E-state index contributed by atoms with van der Waals surface area (Å²) in [5.74, 6) is 0.973. The monoisotopic (exact) mass is 430 g/mol. The number of halogens is 2. The van der Waals surface area contributed by atoms with Crippen LogP contribution in [0.1, 0.15) is 67.6 Å². The topological polar surface area (TPSA) is 0 Å². The van der Waals surface area contributed by atoms with Gasteiger partial charge in [0, 0.05) is 4.88 Å². The van der Waals surface area contributed by atoms with Crippen molar-refractivity contribution in [1.29, 1.82) is 0 Å². The molecule has 0 amide bonds. The molecule has 0 aliphatic heterocycles. The maximum atomic E-state index is 4.16. The first-order valence-electron chi connectivity index (χ1n) is 8.13. The molecule has 116 valence electrons. The molecule has 4 bridgehead atoms. The fraction of sp³-hybridized carbons (Fsp3) is 0.778. The molecule has 4 fully saturated rings. The van der Waals surface area contributed by atoms with Crippen molar-refractivity contribution in [3.8, 4) is 0 Å². The molecule has 1 heterocycles. The quantitative estimate of drug-likeness (QED) is 0.432. The Morgan fingerprint density at radius 2 is 1.76 bits per heavy atom. The molecular formula is C18H24Br2S. The van der Waals surface area contributed by atoms with Gasteiger partial charge in [0.05, 0.1) is 8.61 Å². The molecule has 1 aromatic heterocycles. The molecule has 3 unspecified atom stereocenters. The Morgan fingerprint density at radius 1 is 1.14 bits per heavy atom. The molecule has 5 rings (SSSR count). The predicted molar refractivity (Wildman–Crippen MR) is 98.3 cm³/mol. The molecule has 0 spiro atoms. The summed E-state index contributed by atoms with van der Waals surface area (Å²) in [6, 6.07) is 2.40. The molecule has 3 atom stereocenters. The van der Waals surface area contributed by atoms with Crippen LogP contribution < -0.4 is 0 Å². The minimum atomic E-state index is 0.500. The van der Waals surface area contributed by atoms with Gasteiger partial charge in [-0.2, -0.15) is 0 Å². The lowest BCUT2D eigenvalue weighted by Crippen LogP contribution is -2.56. The Bertz CT molecular complexity index is 553. The molecule has 21 heavy (non-hydrogen) atoms. The number of alkyl halides is 1. The van der Waals surface area contributed by atoms with Crippen LogP contribution >= 0.6 is 43.2 Å². The highest BCUT2D eigenvalue weighted by Gasteiger charge is 2.62. The molecule has 0 saturated heterocycles. The Kier molecular flexibility index (Phi) is 3.33. The first-order valence-corrected chi connectivity index (χ1v) is 10.7. The van der Waals surface area contributed by atoms with Crippen LogP contribution in [0.15, 0.2) is 9.85 Å². The SMILES string of the molecule is Cc1cc(C(Br)C23CC4CC(C)(CC(C)(C4)C2)C3)sc1Br. The van der Waals surface area contributed by atoms with Crippen LogP contribution in [-0.2, 0) is 0 Å². The number of hydrogen-bond acceptors (Lipinski definition) is 1. The summed E-state index contributed by atoms with van der Waals surface area (Å²) in [5, 5.41) is 0. The molecule has 4 saturated carbocycles. The molecule has 4 aliphatic rings. The Morgan fingerprint density at radius 3 is 2.24 bits per heavy atom. The fourth-order valence-corrected chi connectivity index (χ4v) is 9.34. The van der Waals surface area contributed by atoms with E-state index in [-0.39, 0.29) is 0 Å². The van der Waals surface area contributed by atoms with Gasteiger partial charge in [-0.25, -0.2) is 0 Å². The Balaban J connectivity index is 1.73. The lowest BCUT2D eigenvalue weighted by atomic mass is 9.40. The second-order valence-corrected chi connectivity index (χ2v) is 12.3.